The minimum Gasteiger partial charge on any atom is -0.376 e. The Morgan fingerprint density at radius 1 is 1.32 bits per heavy atom. The van der Waals surface area contributed by atoms with E-state index in [2.05, 4.69) is 9.88 Å². The first kappa shape index (κ1) is 16.4. The third kappa shape index (κ3) is 3.00. The second-order valence-electron chi connectivity index (χ2n) is 7.26. The molecule has 25 heavy (non-hydrogen) atoms. The maximum atomic E-state index is 14.0. The second kappa shape index (κ2) is 6.35. The minimum absolute atomic E-state index is 0.119. The average molecular weight is 342 g/mol. The summed E-state index contributed by atoms with van der Waals surface area (Å²) < 4.78 is 19.8. The van der Waals surface area contributed by atoms with Crippen LogP contribution in [-0.2, 0) is 23.3 Å². The molecule has 3 heterocycles. The van der Waals surface area contributed by atoms with E-state index in [9.17, 15) is 4.39 Å². The number of likely N-dealkylation sites (tertiary alicyclic amines) is 1. The van der Waals surface area contributed by atoms with Gasteiger partial charge < -0.3 is 9.64 Å². The molecule has 1 aromatic carbocycles. The molecular formula is C19H23FN4O. The Morgan fingerprint density at radius 3 is 2.96 bits per heavy atom. The molecule has 0 aliphatic carbocycles. The van der Waals surface area contributed by atoms with Gasteiger partial charge in [-0.2, -0.15) is 0 Å². The van der Waals surface area contributed by atoms with E-state index in [-0.39, 0.29) is 11.2 Å². The summed E-state index contributed by atoms with van der Waals surface area (Å²) in [6.45, 7) is 3.60. The lowest BCUT2D eigenvalue weighted by Crippen LogP contribution is -2.40. The summed E-state index contributed by atoms with van der Waals surface area (Å²) in [5.41, 5.74) is 2.80. The van der Waals surface area contributed by atoms with E-state index in [0.717, 1.165) is 42.3 Å². The molecule has 0 unspecified atom stereocenters. The highest BCUT2D eigenvalue weighted by atomic mass is 19.1. The normalized spacial score (nSPS) is 23.0. The molecule has 0 amide bonds. The Morgan fingerprint density at radius 2 is 2.16 bits per heavy atom. The van der Waals surface area contributed by atoms with Crippen molar-refractivity contribution in [1.29, 1.82) is 0 Å². The molecule has 0 radical (unpaired) electrons. The highest BCUT2D eigenvalue weighted by Crippen LogP contribution is 2.39. The van der Waals surface area contributed by atoms with Gasteiger partial charge in [0.2, 0.25) is 5.95 Å². The zero-order chi connectivity index (χ0) is 17.4. The van der Waals surface area contributed by atoms with E-state index >= 15 is 0 Å². The third-order valence-electron chi connectivity index (χ3n) is 5.17. The van der Waals surface area contributed by atoms with Crippen molar-refractivity contribution >= 4 is 5.95 Å². The van der Waals surface area contributed by atoms with Crippen molar-refractivity contribution in [2.75, 3.05) is 38.7 Å². The van der Waals surface area contributed by atoms with Gasteiger partial charge in [-0.15, -0.1) is 0 Å². The van der Waals surface area contributed by atoms with Crippen LogP contribution in [0.1, 0.15) is 23.2 Å². The number of halogens is 1. The van der Waals surface area contributed by atoms with E-state index in [1.165, 1.54) is 6.07 Å². The van der Waals surface area contributed by atoms with Crippen LogP contribution in [0.25, 0.3) is 0 Å². The van der Waals surface area contributed by atoms with Crippen LogP contribution < -0.4 is 4.90 Å². The van der Waals surface area contributed by atoms with Gasteiger partial charge in [-0.25, -0.2) is 14.4 Å². The highest BCUT2D eigenvalue weighted by molar-refractivity contribution is 5.37. The molecule has 1 fully saturated rings. The smallest absolute Gasteiger partial charge is 0.225 e. The Hall–Kier alpha value is -2.05. The first-order valence-electron chi connectivity index (χ1n) is 8.65. The van der Waals surface area contributed by atoms with Crippen LogP contribution >= 0.6 is 0 Å². The van der Waals surface area contributed by atoms with Gasteiger partial charge >= 0.3 is 0 Å². The number of rotatable bonds is 3. The predicted octanol–water partition coefficient (Wildman–Crippen LogP) is 2.36. The summed E-state index contributed by atoms with van der Waals surface area (Å²) in [7, 11) is 3.90. The third-order valence-corrected chi connectivity index (χ3v) is 5.17. The fourth-order valence-electron chi connectivity index (χ4n) is 3.87. The molecule has 1 spiro atoms. The molecule has 6 heteroatoms. The lowest BCUT2D eigenvalue weighted by molar-refractivity contribution is 0.0502. The molecule has 4 rings (SSSR count). The van der Waals surface area contributed by atoms with E-state index in [4.69, 9.17) is 9.72 Å². The Balaban J connectivity index is 1.60. The Kier molecular flexibility index (Phi) is 4.17. The fraction of sp³-hybridized carbons (Fsp3) is 0.474. The van der Waals surface area contributed by atoms with Crippen LogP contribution in [-0.4, -0.2) is 48.7 Å². The quantitative estimate of drug-likeness (QED) is 0.856. The van der Waals surface area contributed by atoms with Gasteiger partial charge in [0.1, 0.15) is 5.82 Å². The largest absolute Gasteiger partial charge is 0.376 e. The monoisotopic (exact) mass is 342 g/mol. The Labute approximate surface area is 147 Å². The molecule has 2 aliphatic rings. The molecule has 132 valence electrons. The maximum Gasteiger partial charge on any atom is 0.225 e. The van der Waals surface area contributed by atoms with Crippen molar-refractivity contribution < 1.29 is 9.13 Å². The van der Waals surface area contributed by atoms with Gasteiger partial charge in [0.25, 0.3) is 0 Å². The Bertz CT molecular complexity index is 782. The number of fused-ring (bicyclic) bond motifs is 2. The molecule has 0 N–H and O–H groups in total. The highest BCUT2D eigenvalue weighted by Gasteiger charge is 2.45. The molecule has 1 atom stereocenters. The van der Waals surface area contributed by atoms with Crippen LogP contribution in [0.4, 0.5) is 10.3 Å². The first-order chi connectivity index (χ1) is 12.1. The van der Waals surface area contributed by atoms with Crippen molar-refractivity contribution in [2.24, 2.45) is 0 Å². The first-order valence-corrected chi connectivity index (χ1v) is 8.65. The standard InChI is InChI=1S/C19H23FN4O/c1-23(2)18-21-9-15-11-25-13-19(17(15)22-18)7-8-24(12-19)10-14-5-3-4-6-16(14)20/h3-6,9H,7-8,10-13H2,1-2H3/t19-/m1/s1. The topological polar surface area (TPSA) is 41.5 Å². The molecule has 1 saturated heterocycles. The molecular weight excluding hydrogens is 319 g/mol. The number of aromatic nitrogens is 2. The van der Waals surface area contributed by atoms with Gasteiger partial charge in [-0.3, -0.25) is 4.90 Å². The number of benzene rings is 1. The summed E-state index contributed by atoms with van der Waals surface area (Å²) in [4.78, 5) is 13.5. The zero-order valence-corrected chi connectivity index (χ0v) is 14.7. The van der Waals surface area contributed by atoms with Crippen LogP contribution in [0.15, 0.2) is 30.5 Å². The fourth-order valence-corrected chi connectivity index (χ4v) is 3.87. The van der Waals surface area contributed by atoms with Crippen molar-refractivity contribution in [1.82, 2.24) is 14.9 Å². The van der Waals surface area contributed by atoms with Crippen LogP contribution in [0.5, 0.6) is 0 Å². The number of anilines is 1. The SMILES string of the molecule is CN(C)c1ncc2c(n1)[C@@]1(CCN(Cc3ccccc3F)C1)COC2. The van der Waals surface area contributed by atoms with E-state index < -0.39 is 0 Å². The predicted molar refractivity (Wildman–Crippen MR) is 94.0 cm³/mol. The minimum atomic E-state index is -0.138. The summed E-state index contributed by atoms with van der Waals surface area (Å²) in [6.07, 6.45) is 2.86. The van der Waals surface area contributed by atoms with Crippen LogP contribution in [0.2, 0.25) is 0 Å². The molecule has 2 aromatic rings. The van der Waals surface area contributed by atoms with E-state index in [1.807, 2.05) is 37.3 Å². The molecule has 5 nitrogen and oxygen atoms in total. The van der Waals surface area contributed by atoms with Crippen molar-refractivity contribution in [2.45, 2.75) is 25.0 Å². The number of nitrogens with zero attached hydrogens (tertiary/aromatic N) is 4. The second-order valence-corrected chi connectivity index (χ2v) is 7.26. The summed E-state index contributed by atoms with van der Waals surface area (Å²) in [6, 6.07) is 7.00. The van der Waals surface area contributed by atoms with Crippen LogP contribution in [0, 0.1) is 5.82 Å². The maximum absolute atomic E-state index is 14.0. The van der Waals surface area contributed by atoms with Crippen molar-refractivity contribution in [3.05, 3.63) is 53.1 Å². The van der Waals surface area contributed by atoms with Crippen molar-refractivity contribution in [3.8, 4) is 0 Å². The van der Waals surface area contributed by atoms with Gasteiger partial charge in [0.15, 0.2) is 0 Å². The number of ether oxygens (including phenoxy) is 1. The molecule has 0 saturated carbocycles. The zero-order valence-electron chi connectivity index (χ0n) is 14.7. The summed E-state index contributed by atoms with van der Waals surface area (Å²) in [5, 5.41) is 0. The van der Waals surface area contributed by atoms with E-state index in [1.54, 1.807) is 6.07 Å². The summed E-state index contributed by atoms with van der Waals surface area (Å²) >= 11 is 0. The van der Waals surface area contributed by atoms with E-state index in [0.29, 0.717) is 19.8 Å². The van der Waals surface area contributed by atoms with Crippen LogP contribution in [0.3, 0.4) is 0 Å². The molecule has 2 aliphatic heterocycles. The van der Waals surface area contributed by atoms with Gasteiger partial charge in [0.05, 0.1) is 24.3 Å². The lowest BCUT2D eigenvalue weighted by Gasteiger charge is -2.34. The number of hydrogen-bond donors (Lipinski definition) is 0. The molecule has 0 bridgehead atoms. The van der Waals surface area contributed by atoms with Gasteiger partial charge in [-0.1, -0.05) is 18.2 Å². The number of hydrogen-bond acceptors (Lipinski definition) is 5. The molecule has 1 aromatic heterocycles. The average Bonchev–Trinajstić information content (AvgIpc) is 3.00. The van der Waals surface area contributed by atoms with Crippen molar-refractivity contribution in [3.63, 3.8) is 0 Å². The van der Waals surface area contributed by atoms with Gasteiger partial charge in [-0.05, 0) is 19.0 Å². The van der Waals surface area contributed by atoms with Gasteiger partial charge in [0, 0.05) is 44.5 Å². The lowest BCUT2D eigenvalue weighted by atomic mass is 9.80. The summed E-state index contributed by atoms with van der Waals surface area (Å²) in [5.74, 6) is 0.591.